The number of carbonyl (C=O) groups is 1. The van der Waals surface area contributed by atoms with Gasteiger partial charge in [0.05, 0.1) is 17.5 Å². The van der Waals surface area contributed by atoms with Gasteiger partial charge in [0.1, 0.15) is 17.8 Å². The molecule has 2 N–H and O–H groups in total. The highest BCUT2D eigenvalue weighted by Crippen LogP contribution is 2.33. The Labute approximate surface area is 244 Å². The predicted octanol–water partition coefficient (Wildman–Crippen LogP) is 3.66. The smallest absolute Gasteiger partial charge is 0.314 e. The predicted molar refractivity (Wildman–Crippen MR) is 152 cm³/mol. The Bertz CT molecular complexity index is 1840. The molecule has 0 spiro atoms. The maximum absolute atomic E-state index is 13.9. The second-order valence-corrected chi connectivity index (χ2v) is 9.79. The second kappa shape index (κ2) is 12.0. The van der Waals surface area contributed by atoms with Crippen molar-refractivity contribution >= 4 is 17.4 Å². The molecule has 1 aliphatic heterocycles. The van der Waals surface area contributed by atoms with E-state index in [0.29, 0.717) is 35.7 Å². The van der Waals surface area contributed by atoms with E-state index in [2.05, 4.69) is 47.5 Å². The molecule has 10 nitrogen and oxygen atoms in total. The van der Waals surface area contributed by atoms with Crippen molar-refractivity contribution in [2.24, 2.45) is 0 Å². The van der Waals surface area contributed by atoms with Crippen molar-refractivity contribution < 1.29 is 18.0 Å². The lowest BCUT2D eigenvalue weighted by atomic mass is 10.0. The highest BCUT2D eigenvalue weighted by molar-refractivity contribution is 6.04. The van der Waals surface area contributed by atoms with Gasteiger partial charge in [-0.15, -0.1) is 0 Å². The van der Waals surface area contributed by atoms with Gasteiger partial charge in [-0.3, -0.25) is 9.69 Å². The Balaban J connectivity index is 1.20. The van der Waals surface area contributed by atoms with Crippen LogP contribution in [0.15, 0.2) is 73.6 Å². The van der Waals surface area contributed by atoms with E-state index >= 15 is 0 Å². The fraction of sp³-hybridized carbons (Fsp3) is 0.200. The maximum Gasteiger partial charge on any atom is 0.416 e. The van der Waals surface area contributed by atoms with Crippen LogP contribution in [0.1, 0.15) is 32.7 Å². The number of anilines is 1. The molecule has 5 heterocycles. The lowest BCUT2D eigenvalue weighted by Gasteiger charge is -2.28. The Morgan fingerprint density at radius 1 is 0.977 bits per heavy atom. The summed E-state index contributed by atoms with van der Waals surface area (Å²) < 4.78 is 43.4. The molecule has 1 saturated heterocycles. The van der Waals surface area contributed by atoms with Crippen molar-refractivity contribution in [2.75, 3.05) is 31.5 Å². The Morgan fingerprint density at radius 2 is 1.79 bits per heavy atom. The molecule has 0 atom stereocenters. The van der Waals surface area contributed by atoms with Gasteiger partial charge in [-0.05, 0) is 47.9 Å². The zero-order chi connectivity index (χ0) is 29.8. The Hall–Kier alpha value is -5.19. The molecule has 216 valence electrons. The van der Waals surface area contributed by atoms with Crippen LogP contribution in [-0.2, 0) is 12.7 Å². The molecule has 4 aromatic heterocycles. The first-order chi connectivity index (χ1) is 20.8. The van der Waals surface area contributed by atoms with Crippen molar-refractivity contribution in [1.82, 2.24) is 39.8 Å². The number of carbonyl (C=O) groups excluding carboxylic acids is 1. The minimum Gasteiger partial charge on any atom is -0.314 e. The van der Waals surface area contributed by atoms with E-state index in [0.717, 1.165) is 24.7 Å². The topological polar surface area (TPSA) is 113 Å². The van der Waals surface area contributed by atoms with Crippen LogP contribution in [0, 0.1) is 11.8 Å². The standard InChI is InChI=1S/C30H24F3N9O/c31-30(32,33)25-14-21(2-3-22(25)18-41-11-9-34-10-12-41)29(43)39-27-13-20(7-8-37-27)1-4-24-17-38-28-6-5-26(40-42(24)28)23-15-35-19-36-16-23/h2-3,5-8,13-17,19,34H,9-12,18H2,(H,37,39,43). The van der Waals surface area contributed by atoms with Crippen LogP contribution in [0.2, 0.25) is 0 Å². The quantitative estimate of drug-likeness (QED) is 0.302. The zero-order valence-corrected chi connectivity index (χ0v) is 22.6. The summed E-state index contributed by atoms with van der Waals surface area (Å²) >= 11 is 0. The number of amides is 1. The molecule has 0 aliphatic carbocycles. The number of hydrogen-bond donors (Lipinski definition) is 2. The number of halogens is 3. The van der Waals surface area contributed by atoms with Crippen LogP contribution in [-0.4, -0.2) is 66.5 Å². The first-order valence-electron chi connectivity index (χ1n) is 13.4. The first-order valence-corrected chi connectivity index (χ1v) is 13.4. The molecule has 1 amide bonds. The monoisotopic (exact) mass is 583 g/mol. The van der Waals surface area contributed by atoms with Crippen molar-refractivity contribution in [3.63, 3.8) is 0 Å². The molecule has 13 heteroatoms. The summed E-state index contributed by atoms with van der Waals surface area (Å²) in [6, 6.07) is 10.5. The molecule has 6 rings (SSSR count). The highest BCUT2D eigenvalue weighted by atomic mass is 19.4. The zero-order valence-electron chi connectivity index (χ0n) is 22.6. The van der Waals surface area contributed by atoms with Crippen molar-refractivity contribution in [3.05, 3.63) is 102 Å². The molecular formula is C30H24F3N9O. The second-order valence-electron chi connectivity index (χ2n) is 9.79. The van der Waals surface area contributed by atoms with E-state index in [1.165, 1.54) is 30.7 Å². The number of pyridine rings is 1. The van der Waals surface area contributed by atoms with Gasteiger partial charge in [-0.2, -0.15) is 18.3 Å². The van der Waals surface area contributed by atoms with Crippen LogP contribution in [0.3, 0.4) is 0 Å². The summed E-state index contributed by atoms with van der Waals surface area (Å²) in [6.45, 7) is 2.91. The number of piperazine rings is 1. The van der Waals surface area contributed by atoms with Crippen molar-refractivity contribution in [1.29, 1.82) is 0 Å². The molecule has 43 heavy (non-hydrogen) atoms. The van der Waals surface area contributed by atoms with Gasteiger partial charge in [0.15, 0.2) is 5.65 Å². The van der Waals surface area contributed by atoms with Gasteiger partial charge >= 0.3 is 6.18 Å². The number of nitrogens with zero attached hydrogens (tertiary/aromatic N) is 7. The van der Waals surface area contributed by atoms with Gasteiger partial charge in [0.25, 0.3) is 5.91 Å². The van der Waals surface area contributed by atoms with E-state index < -0.39 is 17.6 Å². The molecule has 0 unspecified atom stereocenters. The number of fused-ring (bicyclic) bond motifs is 1. The third kappa shape index (κ3) is 6.50. The molecular weight excluding hydrogens is 559 g/mol. The van der Waals surface area contributed by atoms with E-state index in [4.69, 9.17) is 0 Å². The van der Waals surface area contributed by atoms with E-state index in [-0.39, 0.29) is 23.5 Å². The molecule has 5 aromatic rings. The number of benzene rings is 1. The number of nitrogens with one attached hydrogen (secondary N) is 2. The van der Waals surface area contributed by atoms with Gasteiger partial charge in [0.2, 0.25) is 0 Å². The molecule has 1 aromatic carbocycles. The lowest BCUT2D eigenvalue weighted by Crippen LogP contribution is -2.43. The van der Waals surface area contributed by atoms with E-state index in [1.54, 1.807) is 29.2 Å². The van der Waals surface area contributed by atoms with Crippen molar-refractivity contribution in [3.8, 4) is 23.1 Å². The highest BCUT2D eigenvalue weighted by Gasteiger charge is 2.34. The average Bonchev–Trinajstić information content (AvgIpc) is 3.43. The summed E-state index contributed by atoms with van der Waals surface area (Å²) in [5, 5.41) is 10.4. The normalized spacial score (nSPS) is 13.8. The van der Waals surface area contributed by atoms with E-state index in [1.807, 2.05) is 17.0 Å². The average molecular weight is 584 g/mol. The van der Waals surface area contributed by atoms with Gasteiger partial charge < -0.3 is 10.6 Å². The molecule has 0 saturated carbocycles. The maximum atomic E-state index is 13.9. The van der Waals surface area contributed by atoms with Gasteiger partial charge in [-0.25, -0.2) is 24.5 Å². The first kappa shape index (κ1) is 28.0. The lowest BCUT2D eigenvalue weighted by molar-refractivity contribution is -0.138. The van der Waals surface area contributed by atoms with Crippen molar-refractivity contribution in [2.45, 2.75) is 12.7 Å². The number of hydrogen-bond acceptors (Lipinski definition) is 8. The number of rotatable bonds is 5. The fourth-order valence-electron chi connectivity index (χ4n) is 4.67. The summed E-state index contributed by atoms with van der Waals surface area (Å²) in [4.78, 5) is 31.4. The Morgan fingerprint density at radius 3 is 2.58 bits per heavy atom. The van der Waals surface area contributed by atoms with Crippen LogP contribution in [0.25, 0.3) is 16.9 Å². The fourth-order valence-corrected chi connectivity index (χ4v) is 4.67. The summed E-state index contributed by atoms with van der Waals surface area (Å²) in [5.74, 6) is 5.47. The third-order valence-electron chi connectivity index (χ3n) is 6.84. The third-order valence-corrected chi connectivity index (χ3v) is 6.84. The largest absolute Gasteiger partial charge is 0.416 e. The van der Waals surface area contributed by atoms with Crippen LogP contribution in [0.4, 0.5) is 19.0 Å². The van der Waals surface area contributed by atoms with Crippen LogP contribution >= 0.6 is 0 Å². The summed E-state index contributed by atoms with van der Waals surface area (Å²) in [6.07, 6.45) is 3.19. The van der Waals surface area contributed by atoms with Gasteiger partial charge in [0, 0.05) is 68.0 Å². The number of alkyl halides is 3. The SMILES string of the molecule is O=C(Nc1cc(C#Cc2cnc3ccc(-c4cncnc4)nn23)ccn1)c1ccc(CN2CCNCC2)c(C(F)(F)F)c1. The molecule has 0 radical (unpaired) electrons. The van der Waals surface area contributed by atoms with E-state index in [9.17, 15) is 18.0 Å². The minimum atomic E-state index is -4.60. The summed E-state index contributed by atoms with van der Waals surface area (Å²) in [5.41, 5.74) is 2.22. The minimum absolute atomic E-state index is 0.119. The van der Waals surface area contributed by atoms with Crippen LogP contribution < -0.4 is 10.6 Å². The molecule has 0 bridgehead atoms. The summed E-state index contributed by atoms with van der Waals surface area (Å²) in [7, 11) is 0. The van der Waals surface area contributed by atoms with Gasteiger partial charge in [-0.1, -0.05) is 12.0 Å². The molecule has 1 fully saturated rings. The van der Waals surface area contributed by atoms with Crippen LogP contribution in [0.5, 0.6) is 0 Å². The Kier molecular flexibility index (Phi) is 7.78. The number of aromatic nitrogens is 6. The molecule has 1 aliphatic rings. The number of imidazole rings is 1.